The number of anilines is 3. The zero-order valence-electron chi connectivity index (χ0n) is 27.4. The zero-order valence-corrected chi connectivity index (χ0v) is 27.4. The third-order valence-electron chi connectivity index (χ3n) is 9.44. The van der Waals surface area contributed by atoms with Gasteiger partial charge in [-0.2, -0.15) is 0 Å². The number of hydrogen-bond donors (Lipinski definition) is 1. The van der Waals surface area contributed by atoms with Gasteiger partial charge in [0.1, 0.15) is 0 Å². The second-order valence-corrected chi connectivity index (χ2v) is 12.3. The molecular weight excluding hydrogens is 622 g/mol. The Labute approximate surface area is 283 Å². The highest BCUT2D eigenvalue weighted by Crippen LogP contribution is 2.43. The van der Waals surface area contributed by atoms with Gasteiger partial charge in [0.2, 0.25) is 0 Å². The van der Waals surface area contributed by atoms with Crippen molar-refractivity contribution in [1.29, 1.82) is 0 Å². The van der Waals surface area contributed by atoms with Crippen molar-refractivity contribution in [3.63, 3.8) is 0 Å². The Bertz CT molecular complexity index is 2060. The first-order valence-corrected chi connectivity index (χ1v) is 16.3. The Morgan fingerprint density at radius 3 is 1.82 bits per heavy atom. The van der Waals surface area contributed by atoms with Crippen LogP contribution in [0.5, 0.6) is 23.0 Å². The summed E-state index contributed by atoms with van der Waals surface area (Å²) in [6.45, 7) is 0.644. The van der Waals surface area contributed by atoms with Crippen LogP contribution in [0.2, 0.25) is 0 Å². The zero-order chi connectivity index (χ0) is 33.6. The van der Waals surface area contributed by atoms with Crippen LogP contribution in [-0.2, 0) is 12.8 Å². The summed E-state index contributed by atoms with van der Waals surface area (Å²) in [5.41, 5.74) is 6.97. The van der Waals surface area contributed by atoms with E-state index in [4.69, 9.17) is 23.9 Å². The van der Waals surface area contributed by atoms with Gasteiger partial charge in [0.15, 0.2) is 23.0 Å². The van der Waals surface area contributed by atoms with Crippen molar-refractivity contribution in [2.75, 3.05) is 49.6 Å². The summed E-state index contributed by atoms with van der Waals surface area (Å²) in [6, 6.07) is 20.6. The highest BCUT2D eigenvalue weighted by atomic mass is 16.5. The molecule has 11 heteroatoms. The second kappa shape index (κ2) is 12.3. The summed E-state index contributed by atoms with van der Waals surface area (Å²) >= 11 is 0. The second-order valence-electron chi connectivity index (χ2n) is 12.3. The lowest BCUT2D eigenvalue weighted by Crippen LogP contribution is -2.37. The molecule has 0 radical (unpaired) electrons. The lowest BCUT2D eigenvalue weighted by atomic mass is 10.1. The molecule has 49 heavy (non-hydrogen) atoms. The minimum Gasteiger partial charge on any atom is -0.493 e. The molecule has 11 nitrogen and oxygen atoms in total. The smallest absolute Gasteiger partial charge is 0.261 e. The number of carbonyl (C=O) groups is 2. The molecule has 4 aromatic rings. The third-order valence-corrected chi connectivity index (χ3v) is 9.44. The van der Waals surface area contributed by atoms with Crippen molar-refractivity contribution < 1.29 is 28.5 Å². The van der Waals surface area contributed by atoms with Gasteiger partial charge >= 0.3 is 0 Å². The number of aliphatic imine (C=N–C) groups is 2. The SMILES string of the molecule is CNc1ccc2c(c1)N1C(=O)c3cc(OC)c(OCCCOc4cc5c(cc4OC)C(=O)N4c6ccccc6CC4C=N5)cc3N=C[C@@H]1C2. The summed E-state index contributed by atoms with van der Waals surface area (Å²) < 4.78 is 23.5. The number of para-hydroxylation sites is 1. The fourth-order valence-corrected chi connectivity index (χ4v) is 7.00. The van der Waals surface area contributed by atoms with Crippen LogP contribution >= 0.6 is 0 Å². The van der Waals surface area contributed by atoms with Gasteiger partial charge in [-0.15, -0.1) is 0 Å². The molecular formula is C38H35N5O6. The van der Waals surface area contributed by atoms with Gasteiger partial charge < -0.3 is 24.3 Å². The van der Waals surface area contributed by atoms with Crippen molar-refractivity contribution >= 4 is 52.7 Å². The van der Waals surface area contributed by atoms with Crippen LogP contribution in [0.1, 0.15) is 38.3 Å². The number of fused-ring (bicyclic) bond motifs is 8. The predicted molar refractivity (Wildman–Crippen MR) is 189 cm³/mol. The van der Waals surface area contributed by atoms with Gasteiger partial charge in [-0.05, 0) is 41.5 Å². The summed E-state index contributed by atoms with van der Waals surface area (Å²) in [5.74, 6) is 1.64. The maximum Gasteiger partial charge on any atom is 0.261 e. The molecule has 1 N–H and O–H groups in total. The van der Waals surface area contributed by atoms with Gasteiger partial charge in [-0.3, -0.25) is 29.4 Å². The molecule has 0 aromatic heterocycles. The van der Waals surface area contributed by atoms with Crippen LogP contribution in [0.25, 0.3) is 0 Å². The van der Waals surface area contributed by atoms with Gasteiger partial charge in [0.05, 0.1) is 67.7 Å². The fraction of sp³-hybridized carbons (Fsp3) is 0.263. The van der Waals surface area contributed by atoms with E-state index in [1.165, 1.54) is 0 Å². The maximum atomic E-state index is 13.8. The predicted octanol–water partition coefficient (Wildman–Crippen LogP) is 6.17. The number of benzene rings is 4. The fourth-order valence-electron chi connectivity index (χ4n) is 7.00. The number of carbonyl (C=O) groups excluding carboxylic acids is 2. The Hall–Kier alpha value is -5.84. The molecule has 0 aliphatic carbocycles. The van der Waals surface area contributed by atoms with Crippen LogP contribution in [0.4, 0.5) is 28.4 Å². The standard InChI is InChI=1S/C38H35N5O6/c1-39-24-10-9-23-14-26-21-41-30-19-36(34(47-3)17-28(30)38(45)43(26)32(23)15-24)49-12-6-11-48-35-18-29-27(16-33(35)46-2)37(44)42-25(20-40-29)13-22-7-4-5-8-31(22)42/h4-5,7-10,15-21,25-26,39H,6,11-14H2,1-3H3/t25?,26-/m0/s1. The average Bonchev–Trinajstić information content (AvgIpc) is 3.61. The highest BCUT2D eigenvalue weighted by Gasteiger charge is 2.38. The van der Waals surface area contributed by atoms with E-state index < -0.39 is 0 Å². The Morgan fingerprint density at radius 2 is 1.24 bits per heavy atom. The van der Waals surface area contributed by atoms with E-state index in [1.54, 1.807) is 38.5 Å². The molecule has 8 rings (SSSR count). The van der Waals surface area contributed by atoms with Gasteiger partial charge in [0, 0.05) is 62.2 Å². The molecule has 0 saturated heterocycles. The largest absolute Gasteiger partial charge is 0.493 e. The minimum atomic E-state index is -0.169. The summed E-state index contributed by atoms with van der Waals surface area (Å²) in [7, 11) is 4.96. The molecule has 1 unspecified atom stereocenters. The molecule has 0 saturated carbocycles. The van der Waals surface area contributed by atoms with E-state index in [9.17, 15) is 9.59 Å². The van der Waals surface area contributed by atoms with Crippen molar-refractivity contribution in [2.24, 2.45) is 9.98 Å². The van der Waals surface area contributed by atoms with Gasteiger partial charge in [-0.25, -0.2) is 0 Å². The first-order chi connectivity index (χ1) is 24.0. The lowest BCUT2D eigenvalue weighted by molar-refractivity contribution is 0.0978. The van der Waals surface area contributed by atoms with Crippen molar-refractivity contribution in [1.82, 2.24) is 0 Å². The quantitative estimate of drug-likeness (QED) is 0.214. The summed E-state index contributed by atoms with van der Waals surface area (Å²) in [4.78, 5) is 40.5. The van der Waals surface area contributed by atoms with Crippen molar-refractivity contribution in [3.05, 3.63) is 89.0 Å². The van der Waals surface area contributed by atoms with E-state index >= 15 is 0 Å². The molecule has 2 atom stereocenters. The molecule has 4 heterocycles. The highest BCUT2D eigenvalue weighted by molar-refractivity contribution is 6.16. The molecule has 0 bridgehead atoms. The first-order valence-electron chi connectivity index (χ1n) is 16.3. The first kappa shape index (κ1) is 30.5. The van der Waals surface area contributed by atoms with Crippen LogP contribution in [-0.4, -0.2) is 70.8 Å². The number of amides is 2. The lowest BCUT2D eigenvalue weighted by Gasteiger charge is -2.22. The molecule has 4 aliphatic rings. The Balaban J connectivity index is 0.944. The van der Waals surface area contributed by atoms with E-state index in [0.29, 0.717) is 71.6 Å². The number of hydrogen-bond acceptors (Lipinski definition) is 9. The number of methoxy groups -OCH3 is 2. The van der Waals surface area contributed by atoms with Crippen LogP contribution in [0, 0.1) is 0 Å². The number of rotatable bonds is 9. The van der Waals surface area contributed by atoms with E-state index in [-0.39, 0.29) is 23.9 Å². The maximum absolute atomic E-state index is 13.8. The molecule has 248 valence electrons. The molecule has 4 aromatic carbocycles. The average molecular weight is 658 g/mol. The van der Waals surface area contributed by atoms with E-state index in [2.05, 4.69) is 16.4 Å². The Morgan fingerprint density at radius 1 is 0.694 bits per heavy atom. The van der Waals surface area contributed by atoms with Gasteiger partial charge in [-0.1, -0.05) is 24.3 Å². The number of nitrogens with one attached hydrogen (secondary N) is 1. The molecule has 0 fully saturated rings. The van der Waals surface area contributed by atoms with Crippen molar-refractivity contribution in [3.8, 4) is 23.0 Å². The van der Waals surface area contributed by atoms with Crippen LogP contribution < -0.4 is 34.1 Å². The number of nitrogens with zero attached hydrogens (tertiary/aromatic N) is 4. The van der Waals surface area contributed by atoms with Crippen LogP contribution in [0.15, 0.2) is 76.7 Å². The summed E-state index contributed by atoms with van der Waals surface area (Å²) in [6.07, 6.45) is 5.64. The third kappa shape index (κ3) is 5.22. The number of ether oxygens (including phenoxy) is 4. The molecule has 2 amide bonds. The van der Waals surface area contributed by atoms with Gasteiger partial charge in [0.25, 0.3) is 11.8 Å². The molecule has 0 spiro atoms. The monoisotopic (exact) mass is 657 g/mol. The minimum absolute atomic E-state index is 0.116. The normalized spacial score (nSPS) is 18.0. The topological polar surface area (TPSA) is 114 Å². The van der Waals surface area contributed by atoms with Crippen LogP contribution in [0.3, 0.4) is 0 Å². The van der Waals surface area contributed by atoms with E-state index in [0.717, 1.165) is 34.6 Å². The molecule has 4 aliphatic heterocycles. The van der Waals surface area contributed by atoms with E-state index in [1.807, 2.05) is 65.7 Å². The Kier molecular flexibility index (Phi) is 7.66. The van der Waals surface area contributed by atoms with Crippen molar-refractivity contribution in [2.45, 2.75) is 31.3 Å². The summed E-state index contributed by atoms with van der Waals surface area (Å²) in [5, 5.41) is 3.15.